The van der Waals surface area contributed by atoms with Crippen molar-refractivity contribution in [2.24, 2.45) is 0 Å². The lowest BCUT2D eigenvalue weighted by atomic mass is 10.3. The van der Waals surface area contributed by atoms with Gasteiger partial charge in [-0.1, -0.05) is 18.2 Å². The summed E-state index contributed by atoms with van der Waals surface area (Å²) >= 11 is 0. The summed E-state index contributed by atoms with van der Waals surface area (Å²) < 4.78 is 0. The number of allylic oxidation sites excluding steroid dienone is 1. The number of hydrogen-bond acceptors (Lipinski definition) is 2. The fraction of sp³-hybridized carbons (Fsp3) is 0.417. The molecule has 0 bridgehead atoms. The van der Waals surface area contributed by atoms with Crippen molar-refractivity contribution in [3.63, 3.8) is 0 Å². The third-order valence-electron chi connectivity index (χ3n) is 2.00. The van der Waals surface area contributed by atoms with Crippen LogP contribution in [-0.4, -0.2) is 11.5 Å². The minimum absolute atomic E-state index is 0.859. The number of aryl methyl sites for hydroxylation is 1. The van der Waals surface area contributed by atoms with Crippen molar-refractivity contribution in [1.82, 2.24) is 10.3 Å². The van der Waals surface area contributed by atoms with Crippen LogP contribution in [0.2, 0.25) is 0 Å². The van der Waals surface area contributed by atoms with E-state index in [1.165, 1.54) is 5.56 Å². The van der Waals surface area contributed by atoms with Crippen LogP contribution >= 0.6 is 0 Å². The summed E-state index contributed by atoms with van der Waals surface area (Å²) in [4.78, 5) is 4.32. The maximum absolute atomic E-state index is 4.32. The Labute approximate surface area is 86.1 Å². The zero-order valence-corrected chi connectivity index (χ0v) is 8.96. The normalized spacial score (nSPS) is 11.0. The highest BCUT2D eigenvalue weighted by molar-refractivity contribution is 5.11. The van der Waals surface area contributed by atoms with E-state index in [-0.39, 0.29) is 0 Å². The zero-order valence-electron chi connectivity index (χ0n) is 8.96. The van der Waals surface area contributed by atoms with E-state index in [1.807, 2.05) is 13.1 Å². The first-order valence-corrected chi connectivity index (χ1v) is 5.06. The second-order valence-corrected chi connectivity index (χ2v) is 3.36. The SMILES string of the molecule is C/C=C/CCNCc1ccc(C)cn1. The molecule has 0 radical (unpaired) electrons. The second-order valence-electron chi connectivity index (χ2n) is 3.36. The summed E-state index contributed by atoms with van der Waals surface area (Å²) in [6.07, 6.45) is 7.23. The first-order chi connectivity index (χ1) is 6.83. The summed E-state index contributed by atoms with van der Waals surface area (Å²) in [5.41, 5.74) is 2.32. The van der Waals surface area contributed by atoms with Gasteiger partial charge in [-0.3, -0.25) is 4.98 Å². The third kappa shape index (κ3) is 4.19. The zero-order chi connectivity index (χ0) is 10.2. The fourth-order valence-electron chi connectivity index (χ4n) is 1.17. The van der Waals surface area contributed by atoms with E-state index in [0.29, 0.717) is 0 Å². The van der Waals surface area contributed by atoms with Crippen LogP contribution in [-0.2, 0) is 6.54 Å². The van der Waals surface area contributed by atoms with E-state index in [1.54, 1.807) is 0 Å². The van der Waals surface area contributed by atoms with Crippen LogP contribution in [0.5, 0.6) is 0 Å². The molecule has 0 unspecified atom stereocenters. The molecule has 0 aliphatic carbocycles. The molecule has 2 nitrogen and oxygen atoms in total. The van der Waals surface area contributed by atoms with Crippen LogP contribution in [0.3, 0.4) is 0 Å². The van der Waals surface area contributed by atoms with E-state index in [9.17, 15) is 0 Å². The molecular formula is C12H18N2. The molecular weight excluding hydrogens is 172 g/mol. The Balaban J connectivity index is 2.21. The van der Waals surface area contributed by atoms with Crippen LogP contribution in [0.1, 0.15) is 24.6 Å². The van der Waals surface area contributed by atoms with Crippen LogP contribution in [0.4, 0.5) is 0 Å². The van der Waals surface area contributed by atoms with Crippen LogP contribution in [0, 0.1) is 6.92 Å². The number of nitrogens with one attached hydrogen (secondary N) is 1. The first kappa shape index (κ1) is 10.9. The van der Waals surface area contributed by atoms with Gasteiger partial charge in [-0.25, -0.2) is 0 Å². The van der Waals surface area contributed by atoms with Crippen molar-refractivity contribution in [3.05, 3.63) is 41.7 Å². The molecule has 0 aromatic carbocycles. The third-order valence-corrected chi connectivity index (χ3v) is 2.00. The molecule has 0 saturated heterocycles. The smallest absolute Gasteiger partial charge is 0.0541 e. The maximum Gasteiger partial charge on any atom is 0.0541 e. The van der Waals surface area contributed by atoms with Gasteiger partial charge in [0.2, 0.25) is 0 Å². The molecule has 1 heterocycles. The van der Waals surface area contributed by atoms with Crippen molar-refractivity contribution < 1.29 is 0 Å². The quantitative estimate of drug-likeness (QED) is 0.570. The van der Waals surface area contributed by atoms with Crippen molar-refractivity contribution in [2.75, 3.05) is 6.54 Å². The molecule has 0 amide bonds. The molecule has 1 N–H and O–H groups in total. The Morgan fingerprint density at radius 2 is 2.29 bits per heavy atom. The van der Waals surface area contributed by atoms with Gasteiger partial charge < -0.3 is 5.32 Å². The average Bonchev–Trinajstić information content (AvgIpc) is 2.21. The monoisotopic (exact) mass is 190 g/mol. The molecule has 0 spiro atoms. The fourth-order valence-corrected chi connectivity index (χ4v) is 1.17. The molecule has 76 valence electrons. The molecule has 14 heavy (non-hydrogen) atoms. The Morgan fingerprint density at radius 1 is 1.43 bits per heavy atom. The lowest BCUT2D eigenvalue weighted by molar-refractivity contribution is 0.682. The predicted molar refractivity (Wildman–Crippen MR) is 60.1 cm³/mol. The van der Waals surface area contributed by atoms with Crippen LogP contribution in [0.25, 0.3) is 0 Å². The van der Waals surface area contributed by atoms with Crippen molar-refractivity contribution in [3.8, 4) is 0 Å². The summed E-state index contributed by atoms with van der Waals surface area (Å²) in [6.45, 7) is 5.97. The topological polar surface area (TPSA) is 24.9 Å². The molecule has 0 aliphatic rings. The summed E-state index contributed by atoms with van der Waals surface area (Å²) in [6, 6.07) is 4.16. The minimum atomic E-state index is 0.859. The minimum Gasteiger partial charge on any atom is -0.311 e. The lowest BCUT2D eigenvalue weighted by Gasteiger charge is -2.02. The molecule has 2 heteroatoms. The van der Waals surface area contributed by atoms with Gasteiger partial charge in [0.1, 0.15) is 0 Å². The Kier molecular flexibility index (Phi) is 4.94. The van der Waals surface area contributed by atoms with Gasteiger partial charge in [-0.2, -0.15) is 0 Å². The highest BCUT2D eigenvalue weighted by Crippen LogP contribution is 1.97. The molecule has 0 atom stereocenters. The molecule has 1 aromatic rings. The van der Waals surface area contributed by atoms with Crippen LogP contribution < -0.4 is 5.32 Å². The molecule has 1 aromatic heterocycles. The van der Waals surface area contributed by atoms with Crippen molar-refractivity contribution >= 4 is 0 Å². The molecule has 0 saturated carbocycles. The predicted octanol–water partition coefficient (Wildman–Crippen LogP) is 2.45. The summed E-state index contributed by atoms with van der Waals surface area (Å²) in [5, 5.41) is 3.34. The van der Waals surface area contributed by atoms with Crippen molar-refractivity contribution in [2.45, 2.75) is 26.8 Å². The standard InChI is InChI=1S/C12H18N2/c1-3-4-5-8-13-10-12-7-6-11(2)9-14-12/h3-4,6-7,9,13H,5,8,10H2,1-2H3/b4-3+. The Hall–Kier alpha value is -1.15. The van der Waals surface area contributed by atoms with E-state index in [4.69, 9.17) is 0 Å². The Morgan fingerprint density at radius 3 is 2.93 bits per heavy atom. The largest absolute Gasteiger partial charge is 0.311 e. The van der Waals surface area contributed by atoms with E-state index >= 15 is 0 Å². The maximum atomic E-state index is 4.32. The average molecular weight is 190 g/mol. The first-order valence-electron chi connectivity index (χ1n) is 5.06. The molecule has 0 aliphatic heterocycles. The lowest BCUT2D eigenvalue weighted by Crippen LogP contribution is -2.14. The molecule has 0 fully saturated rings. The number of rotatable bonds is 5. The van der Waals surface area contributed by atoms with E-state index in [0.717, 1.165) is 25.2 Å². The highest BCUT2D eigenvalue weighted by atomic mass is 14.9. The second kappa shape index (κ2) is 6.33. The summed E-state index contributed by atoms with van der Waals surface area (Å²) in [5.74, 6) is 0. The highest BCUT2D eigenvalue weighted by Gasteiger charge is 1.92. The number of aromatic nitrogens is 1. The number of nitrogens with zero attached hydrogens (tertiary/aromatic N) is 1. The summed E-state index contributed by atoms with van der Waals surface area (Å²) in [7, 11) is 0. The Bertz CT molecular complexity index is 275. The van der Waals surface area contributed by atoms with E-state index < -0.39 is 0 Å². The van der Waals surface area contributed by atoms with Crippen molar-refractivity contribution in [1.29, 1.82) is 0 Å². The van der Waals surface area contributed by atoms with Gasteiger partial charge in [-0.15, -0.1) is 0 Å². The number of hydrogen-bond donors (Lipinski definition) is 1. The van der Waals surface area contributed by atoms with Gasteiger partial charge >= 0.3 is 0 Å². The van der Waals surface area contributed by atoms with Gasteiger partial charge in [0.25, 0.3) is 0 Å². The van der Waals surface area contributed by atoms with E-state index in [2.05, 4.69) is 41.5 Å². The molecule has 1 rings (SSSR count). The van der Waals surface area contributed by atoms with Gasteiger partial charge in [0, 0.05) is 12.7 Å². The van der Waals surface area contributed by atoms with Gasteiger partial charge in [0.15, 0.2) is 0 Å². The van der Waals surface area contributed by atoms with Gasteiger partial charge in [0.05, 0.1) is 5.69 Å². The van der Waals surface area contributed by atoms with Crippen LogP contribution in [0.15, 0.2) is 30.5 Å². The number of pyridine rings is 1. The van der Waals surface area contributed by atoms with Gasteiger partial charge in [-0.05, 0) is 38.4 Å².